The molecule has 0 bridgehead atoms. The van der Waals surface area contributed by atoms with Crippen molar-refractivity contribution in [2.45, 2.75) is 51.4 Å². The summed E-state index contributed by atoms with van der Waals surface area (Å²) >= 11 is 0. The Morgan fingerprint density at radius 3 is 2.28 bits per heavy atom. The van der Waals surface area contributed by atoms with Crippen LogP contribution in [0.5, 0.6) is 0 Å². The molecule has 2 saturated heterocycles. The van der Waals surface area contributed by atoms with Gasteiger partial charge in [0.15, 0.2) is 0 Å². The van der Waals surface area contributed by atoms with Crippen LogP contribution in [0.3, 0.4) is 0 Å². The molecule has 1 spiro atoms. The van der Waals surface area contributed by atoms with Crippen molar-refractivity contribution in [2.75, 3.05) is 41.3 Å². The van der Waals surface area contributed by atoms with Gasteiger partial charge in [0, 0.05) is 56.5 Å². The molecule has 5 rings (SSSR count). The number of anilines is 3. The normalized spacial score (nSPS) is 21.5. The molecule has 1 N–H and O–H groups in total. The van der Waals surface area contributed by atoms with Crippen molar-refractivity contribution in [2.24, 2.45) is 5.41 Å². The Balaban J connectivity index is 1.32. The minimum absolute atomic E-state index is 0.198. The molecule has 170 valence electrons. The third-order valence-electron chi connectivity index (χ3n) is 7.13. The van der Waals surface area contributed by atoms with Crippen LogP contribution >= 0.6 is 0 Å². The summed E-state index contributed by atoms with van der Waals surface area (Å²) in [5.41, 5.74) is 2.82. The fraction of sp³-hybridized carbons (Fsp3) is 0.542. The van der Waals surface area contributed by atoms with Crippen LogP contribution < -0.4 is 15.1 Å². The second-order valence-electron chi connectivity index (χ2n) is 9.50. The number of benzene rings is 1. The van der Waals surface area contributed by atoms with Gasteiger partial charge in [-0.25, -0.2) is 13.8 Å². The van der Waals surface area contributed by atoms with Crippen LogP contribution in [0.2, 0.25) is 0 Å². The van der Waals surface area contributed by atoms with E-state index in [-0.39, 0.29) is 31.8 Å². The maximum Gasteiger partial charge on any atom is 0.258 e. The van der Waals surface area contributed by atoms with Crippen molar-refractivity contribution in [1.82, 2.24) is 9.97 Å². The number of aryl methyl sites for hydroxylation is 1. The van der Waals surface area contributed by atoms with Gasteiger partial charge in [-0.2, -0.15) is 4.98 Å². The van der Waals surface area contributed by atoms with E-state index in [1.54, 1.807) is 11.0 Å². The number of para-hydroxylation sites is 1. The number of nitrogens with one attached hydrogen (secondary N) is 1. The number of carbonyl (C=O) groups is 1. The molecule has 3 fully saturated rings. The van der Waals surface area contributed by atoms with Gasteiger partial charge < -0.3 is 15.1 Å². The van der Waals surface area contributed by atoms with Crippen molar-refractivity contribution in [3.63, 3.8) is 0 Å². The largest absolute Gasteiger partial charge is 0.371 e. The standard InChI is InChI=1S/C24H29F2N5O/c1-17-16-20(29-22(27-17)31-14-10-24(25,26)11-15-31)28-21(32)18-4-2-3-5-19(18)30-12-8-23(6-7-23)9-13-30/h2-5,16H,6-15H2,1H3,(H,27,28,29,32). The fourth-order valence-electron chi connectivity index (χ4n) is 4.82. The summed E-state index contributed by atoms with van der Waals surface area (Å²) in [6, 6.07) is 9.39. The third-order valence-corrected chi connectivity index (χ3v) is 7.13. The molecule has 1 amide bonds. The van der Waals surface area contributed by atoms with Gasteiger partial charge in [0.25, 0.3) is 11.8 Å². The lowest BCUT2D eigenvalue weighted by molar-refractivity contribution is -0.0222. The molecule has 2 aromatic rings. The van der Waals surface area contributed by atoms with Crippen LogP contribution in [0, 0.1) is 12.3 Å². The van der Waals surface area contributed by atoms with Crippen LogP contribution in [-0.2, 0) is 0 Å². The smallest absolute Gasteiger partial charge is 0.258 e. The molecule has 2 aliphatic heterocycles. The first kappa shape index (κ1) is 21.1. The highest BCUT2D eigenvalue weighted by atomic mass is 19.3. The Morgan fingerprint density at radius 1 is 0.938 bits per heavy atom. The molecule has 1 aliphatic carbocycles. The van der Waals surface area contributed by atoms with E-state index in [1.807, 2.05) is 31.2 Å². The van der Waals surface area contributed by atoms with Crippen LogP contribution in [0.1, 0.15) is 54.6 Å². The zero-order valence-corrected chi connectivity index (χ0v) is 18.4. The highest BCUT2D eigenvalue weighted by Gasteiger charge is 2.44. The molecular formula is C24H29F2N5O. The average Bonchev–Trinajstić information content (AvgIpc) is 3.52. The number of halogens is 2. The van der Waals surface area contributed by atoms with Gasteiger partial charge in [-0.05, 0) is 50.2 Å². The molecule has 32 heavy (non-hydrogen) atoms. The zero-order valence-electron chi connectivity index (χ0n) is 18.4. The van der Waals surface area contributed by atoms with Gasteiger partial charge in [-0.3, -0.25) is 4.79 Å². The highest BCUT2D eigenvalue weighted by molar-refractivity contribution is 6.07. The number of hydrogen-bond donors (Lipinski definition) is 1. The second kappa shape index (κ2) is 7.98. The number of carbonyl (C=O) groups excluding carboxylic acids is 1. The summed E-state index contributed by atoms with van der Waals surface area (Å²) in [6.45, 7) is 4.16. The van der Waals surface area contributed by atoms with Crippen LogP contribution in [0.25, 0.3) is 0 Å². The van der Waals surface area contributed by atoms with Gasteiger partial charge in [0.05, 0.1) is 5.56 Å². The lowest BCUT2D eigenvalue weighted by atomic mass is 9.93. The molecule has 8 heteroatoms. The van der Waals surface area contributed by atoms with Crippen molar-refractivity contribution in [3.05, 3.63) is 41.6 Å². The van der Waals surface area contributed by atoms with Crippen molar-refractivity contribution in [3.8, 4) is 0 Å². The SMILES string of the molecule is Cc1cc(NC(=O)c2ccccc2N2CCC3(CC2)CC3)nc(N2CCC(F)(F)CC2)n1. The molecule has 1 saturated carbocycles. The Morgan fingerprint density at radius 2 is 1.59 bits per heavy atom. The minimum atomic E-state index is -2.63. The maximum absolute atomic E-state index is 13.5. The van der Waals surface area contributed by atoms with Crippen LogP contribution in [0.4, 0.5) is 26.2 Å². The molecule has 0 unspecified atom stereocenters. The van der Waals surface area contributed by atoms with Crippen molar-refractivity contribution < 1.29 is 13.6 Å². The molecule has 0 radical (unpaired) electrons. The summed E-state index contributed by atoms with van der Waals surface area (Å²) in [5.74, 6) is -2.08. The first-order valence-electron chi connectivity index (χ1n) is 11.5. The third kappa shape index (κ3) is 4.40. The first-order chi connectivity index (χ1) is 15.3. The quantitative estimate of drug-likeness (QED) is 0.748. The highest BCUT2D eigenvalue weighted by Crippen LogP contribution is 2.54. The van der Waals surface area contributed by atoms with Crippen LogP contribution in [-0.4, -0.2) is 48.0 Å². The van der Waals surface area contributed by atoms with E-state index in [2.05, 4.69) is 20.2 Å². The van der Waals surface area contributed by atoms with E-state index in [9.17, 15) is 13.6 Å². The van der Waals surface area contributed by atoms with E-state index in [1.165, 1.54) is 25.7 Å². The predicted molar refractivity (Wildman–Crippen MR) is 121 cm³/mol. The molecule has 0 atom stereocenters. The van der Waals surface area contributed by atoms with Crippen molar-refractivity contribution >= 4 is 23.4 Å². The van der Waals surface area contributed by atoms with Crippen LogP contribution in [0.15, 0.2) is 30.3 Å². The van der Waals surface area contributed by atoms with Gasteiger partial charge >= 0.3 is 0 Å². The summed E-state index contributed by atoms with van der Waals surface area (Å²) in [5, 5.41) is 2.91. The second-order valence-corrected chi connectivity index (χ2v) is 9.50. The van der Waals surface area contributed by atoms with E-state index in [0.29, 0.717) is 28.4 Å². The Kier molecular flexibility index (Phi) is 5.26. The first-order valence-corrected chi connectivity index (χ1v) is 11.5. The Labute approximate surface area is 187 Å². The summed E-state index contributed by atoms with van der Waals surface area (Å²) < 4.78 is 27.0. The number of aromatic nitrogens is 2. The van der Waals surface area contributed by atoms with Gasteiger partial charge in [0.2, 0.25) is 5.95 Å². The van der Waals surface area contributed by atoms with Gasteiger partial charge in [0.1, 0.15) is 5.82 Å². The summed E-state index contributed by atoms with van der Waals surface area (Å²) in [4.78, 5) is 26.1. The summed E-state index contributed by atoms with van der Waals surface area (Å²) in [7, 11) is 0. The van der Waals surface area contributed by atoms with E-state index < -0.39 is 5.92 Å². The number of piperidine rings is 2. The molecule has 1 aromatic carbocycles. The van der Waals surface area contributed by atoms with E-state index in [4.69, 9.17) is 0 Å². The average molecular weight is 442 g/mol. The number of nitrogens with zero attached hydrogens (tertiary/aromatic N) is 4. The number of hydrogen-bond acceptors (Lipinski definition) is 5. The Hall–Kier alpha value is -2.77. The van der Waals surface area contributed by atoms with Crippen molar-refractivity contribution in [1.29, 1.82) is 0 Å². The molecule has 3 aliphatic rings. The monoisotopic (exact) mass is 441 g/mol. The molecule has 1 aromatic heterocycles. The maximum atomic E-state index is 13.5. The van der Waals surface area contributed by atoms with Gasteiger partial charge in [-0.1, -0.05) is 12.1 Å². The minimum Gasteiger partial charge on any atom is -0.371 e. The summed E-state index contributed by atoms with van der Waals surface area (Å²) in [6.07, 6.45) is 4.63. The number of alkyl halides is 2. The number of rotatable bonds is 4. The molecular weight excluding hydrogens is 412 g/mol. The van der Waals surface area contributed by atoms with E-state index >= 15 is 0 Å². The molecule has 6 nitrogen and oxygen atoms in total. The van der Waals surface area contributed by atoms with E-state index in [0.717, 1.165) is 18.8 Å². The topological polar surface area (TPSA) is 61.4 Å². The predicted octanol–water partition coefficient (Wildman–Crippen LogP) is 4.65. The zero-order chi connectivity index (χ0) is 22.3. The lowest BCUT2D eigenvalue weighted by Gasteiger charge is -2.34. The fourth-order valence-corrected chi connectivity index (χ4v) is 4.82. The lowest BCUT2D eigenvalue weighted by Crippen LogP contribution is -2.40. The Bertz CT molecular complexity index is 1000. The number of amides is 1. The molecule has 3 heterocycles. The van der Waals surface area contributed by atoms with Gasteiger partial charge in [-0.15, -0.1) is 0 Å².